The number of benzene rings is 1. The summed E-state index contributed by atoms with van der Waals surface area (Å²) < 4.78 is 5.42. The molecule has 0 aromatic heterocycles. The second-order valence-electron chi connectivity index (χ2n) is 5.68. The summed E-state index contributed by atoms with van der Waals surface area (Å²) in [7, 11) is 0. The molecule has 0 radical (unpaired) electrons. The van der Waals surface area contributed by atoms with E-state index in [1.807, 2.05) is 35.2 Å². The Morgan fingerprint density at radius 2 is 2.10 bits per heavy atom. The first-order chi connectivity index (χ1) is 10.3. The van der Waals surface area contributed by atoms with Crippen LogP contribution >= 0.6 is 15.9 Å². The first kappa shape index (κ1) is 16.3. The zero-order valence-electron chi connectivity index (χ0n) is 12.5. The van der Waals surface area contributed by atoms with Crippen molar-refractivity contribution in [2.24, 2.45) is 5.92 Å². The predicted octanol–water partition coefficient (Wildman–Crippen LogP) is 4.60. The molecule has 21 heavy (non-hydrogen) atoms. The Balaban J connectivity index is 1.74. The van der Waals surface area contributed by atoms with E-state index in [9.17, 15) is 4.79 Å². The summed E-state index contributed by atoms with van der Waals surface area (Å²) in [5, 5.41) is 1.07. The SMILES string of the molecule is O=C(OCc1ccccc1)N1CCC[C@@H](CCCCBr)C1. The lowest BCUT2D eigenvalue weighted by molar-refractivity contribution is 0.0777. The monoisotopic (exact) mass is 353 g/mol. The molecule has 1 aliphatic rings. The maximum Gasteiger partial charge on any atom is 0.410 e. The summed E-state index contributed by atoms with van der Waals surface area (Å²) in [6.45, 7) is 2.06. The van der Waals surface area contributed by atoms with E-state index >= 15 is 0 Å². The minimum atomic E-state index is -0.163. The molecule has 1 heterocycles. The number of carbonyl (C=O) groups excluding carboxylic acids is 1. The maximum atomic E-state index is 12.1. The van der Waals surface area contributed by atoms with Crippen molar-refractivity contribution in [2.45, 2.75) is 38.7 Å². The number of hydrogen-bond donors (Lipinski definition) is 0. The van der Waals surface area contributed by atoms with E-state index in [0.29, 0.717) is 12.5 Å². The number of rotatable bonds is 6. The Morgan fingerprint density at radius 3 is 2.86 bits per heavy atom. The summed E-state index contributed by atoms with van der Waals surface area (Å²) in [4.78, 5) is 14.0. The van der Waals surface area contributed by atoms with Crippen molar-refractivity contribution < 1.29 is 9.53 Å². The summed E-state index contributed by atoms with van der Waals surface area (Å²) >= 11 is 3.47. The van der Waals surface area contributed by atoms with E-state index in [1.54, 1.807) is 0 Å². The van der Waals surface area contributed by atoms with Gasteiger partial charge in [0, 0.05) is 18.4 Å². The Bertz CT molecular complexity index is 424. The number of piperidine rings is 1. The molecule has 0 saturated carbocycles. The molecule has 116 valence electrons. The molecule has 1 aliphatic heterocycles. The van der Waals surface area contributed by atoms with Crippen LogP contribution in [0, 0.1) is 5.92 Å². The zero-order valence-corrected chi connectivity index (χ0v) is 14.1. The lowest BCUT2D eigenvalue weighted by Crippen LogP contribution is -2.40. The molecule has 0 N–H and O–H groups in total. The molecule has 4 heteroatoms. The van der Waals surface area contributed by atoms with E-state index in [-0.39, 0.29) is 6.09 Å². The third-order valence-electron chi connectivity index (χ3n) is 3.98. The van der Waals surface area contributed by atoms with Crippen molar-refractivity contribution >= 4 is 22.0 Å². The largest absolute Gasteiger partial charge is 0.445 e. The number of likely N-dealkylation sites (tertiary alicyclic amines) is 1. The standard InChI is InChI=1S/C17H24BrNO2/c18-11-5-4-7-15-10-6-12-19(13-15)17(20)21-14-16-8-2-1-3-9-16/h1-3,8-9,15H,4-7,10-14H2/t15-/m1/s1. The molecule has 1 fully saturated rings. The van der Waals surface area contributed by atoms with Gasteiger partial charge in [0.25, 0.3) is 0 Å². The maximum absolute atomic E-state index is 12.1. The Kier molecular flexibility index (Phi) is 7.07. The number of alkyl halides is 1. The summed E-state index contributed by atoms with van der Waals surface area (Å²) in [6.07, 6.45) is 5.85. The summed E-state index contributed by atoms with van der Waals surface area (Å²) in [5.74, 6) is 0.641. The second kappa shape index (κ2) is 9.08. The predicted molar refractivity (Wildman–Crippen MR) is 88.6 cm³/mol. The van der Waals surface area contributed by atoms with Gasteiger partial charge in [-0.05, 0) is 37.2 Å². The molecule has 1 saturated heterocycles. The van der Waals surface area contributed by atoms with Crippen LogP contribution in [0.2, 0.25) is 0 Å². The lowest BCUT2D eigenvalue weighted by atomic mass is 9.93. The number of nitrogens with zero attached hydrogens (tertiary/aromatic N) is 1. The van der Waals surface area contributed by atoms with Gasteiger partial charge in [0.05, 0.1) is 0 Å². The minimum absolute atomic E-state index is 0.163. The van der Waals surface area contributed by atoms with Gasteiger partial charge >= 0.3 is 6.09 Å². The van der Waals surface area contributed by atoms with Gasteiger partial charge in [-0.1, -0.05) is 52.7 Å². The highest BCUT2D eigenvalue weighted by Gasteiger charge is 2.24. The van der Waals surface area contributed by atoms with Crippen molar-refractivity contribution in [3.63, 3.8) is 0 Å². The third kappa shape index (κ3) is 5.70. The highest BCUT2D eigenvalue weighted by atomic mass is 79.9. The van der Waals surface area contributed by atoms with Gasteiger partial charge in [0.15, 0.2) is 0 Å². The van der Waals surface area contributed by atoms with Crippen LogP contribution in [0.4, 0.5) is 4.79 Å². The second-order valence-corrected chi connectivity index (χ2v) is 6.47. The van der Waals surface area contributed by atoms with Crippen LogP contribution in [0.25, 0.3) is 0 Å². The molecule has 1 aromatic carbocycles. The van der Waals surface area contributed by atoms with E-state index in [2.05, 4.69) is 15.9 Å². The number of halogens is 1. The molecule has 0 bridgehead atoms. The fourth-order valence-corrected chi connectivity index (χ4v) is 3.20. The van der Waals surface area contributed by atoms with Crippen molar-refractivity contribution in [3.8, 4) is 0 Å². The van der Waals surface area contributed by atoms with Crippen LogP contribution in [-0.2, 0) is 11.3 Å². The molecule has 0 aliphatic carbocycles. The summed E-state index contributed by atoms with van der Waals surface area (Å²) in [6, 6.07) is 9.85. The number of carbonyl (C=O) groups is 1. The number of hydrogen-bond acceptors (Lipinski definition) is 2. The van der Waals surface area contributed by atoms with Gasteiger partial charge in [0.1, 0.15) is 6.61 Å². The molecule has 3 nitrogen and oxygen atoms in total. The van der Waals surface area contributed by atoms with E-state index in [0.717, 1.165) is 30.4 Å². The quantitative estimate of drug-likeness (QED) is 0.552. The smallest absolute Gasteiger partial charge is 0.410 e. The number of unbranched alkanes of at least 4 members (excludes halogenated alkanes) is 1. The molecule has 0 spiro atoms. The molecule has 2 rings (SSSR count). The molecule has 0 unspecified atom stereocenters. The van der Waals surface area contributed by atoms with Gasteiger partial charge in [-0.25, -0.2) is 4.79 Å². The van der Waals surface area contributed by atoms with Gasteiger partial charge in [0.2, 0.25) is 0 Å². The Morgan fingerprint density at radius 1 is 1.29 bits per heavy atom. The molecular formula is C17H24BrNO2. The minimum Gasteiger partial charge on any atom is -0.445 e. The van der Waals surface area contributed by atoms with Crippen LogP contribution in [0.3, 0.4) is 0 Å². The summed E-state index contributed by atoms with van der Waals surface area (Å²) in [5.41, 5.74) is 1.04. The highest BCUT2D eigenvalue weighted by Crippen LogP contribution is 2.22. The Hall–Kier alpha value is -1.03. The van der Waals surface area contributed by atoms with Gasteiger partial charge < -0.3 is 9.64 Å². The molecular weight excluding hydrogens is 330 g/mol. The zero-order chi connectivity index (χ0) is 14.9. The van der Waals surface area contributed by atoms with Crippen molar-refractivity contribution in [1.29, 1.82) is 0 Å². The van der Waals surface area contributed by atoms with Crippen LogP contribution in [0.5, 0.6) is 0 Å². The third-order valence-corrected chi connectivity index (χ3v) is 4.54. The van der Waals surface area contributed by atoms with Gasteiger partial charge in [-0.15, -0.1) is 0 Å². The molecule has 1 amide bonds. The van der Waals surface area contributed by atoms with Crippen molar-refractivity contribution in [2.75, 3.05) is 18.4 Å². The number of ether oxygens (including phenoxy) is 1. The van der Waals surface area contributed by atoms with E-state index < -0.39 is 0 Å². The van der Waals surface area contributed by atoms with Crippen LogP contribution in [-0.4, -0.2) is 29.4 Å². The van der Waals surface area contributed by atoms with Gasteiger partial charge in [-0.2, -0.15) is 0 Å². The first-order valence-electron chi connectivity index (χ1n) is 7.81. The average molecular weight is 354 g/mol. The van der Waals surface area contributed by atoms with Crippen molar-refractivity contribution in [3.05, 3.63) is 35.9 Å². The van der Waals surface area contributed by atoms with Crippen molar-refractivity contribution in [1.82, 2.24) is 4.90 Å². The van der Waals surface area contributed by atoms with Crippen LogP contribution in [0.15, 0.2) is 30.3 Å². The van der Waals surface area contributed by atoms with Crippen LogP contribution in [0.1, 0.15) is 37.7 Å². The molecule has 1 atom stereocenters. The van der Waals surface area contributed by atoms with Gasteiger partial charge in [-0.3, -0.25) is 0 Å². The fourth-order valence-electron chi connectivity index (χ4n) is 2.80. The van der Waals surface area contributed by atoms with E-state index in [4.69, 9.17) is 4.74 Å². The molecule has 1 aromatic rings. The lowest BCUT2D eigenvalue weighted by Gasteiger charge is -2.32. The van der Waals surface area contributed by atoms with Crippen LogP contribution < -0.4 is 0 Å². The van der Waals surface area contributed by atoms with E-state index in [1.165, 1.54) is 25.7 Å². The average Bonchev–Trinajstić information content (AvgIpc) is 2.54. The topological polar surface area (TPSA) is 29.5 Å². The Labute approximate surface area is 135 Å². The highest BCUT2D eigenvalue weighted by molar-refractivity contribution is 9.09. The number of amides is 1. The normalized spacial score (nSPS) is 18.5. The first-order valence-corrected chi connectivity index (χ1v) is 8.93. The fraction of sp³-hybridized carbons (Fsp3) is 0.588.